The summed E-state index contributed by atoms with van der Waals surface area (Å²) < 4.78 is 15.3. The number of nitrogens with one attached hydrogen (secondary N) is 1. The SMILES string of the molecule is Nc1c(N(Cc2ccccc2)C(=O)/C=C/c2ccccc2F)c(=O)[nH]c(=O)n1Cc1ccccc1. The van der Waals surface area contributed by atoms with Gasteiger partial charge in [-0.15, -0.1) is 0 Å². The van der Waals surface area contributed by atoms with Crippen LogP contribution in [0.4, 0.5) is 15.9 Å². The molecule has 176 valence electrons. The van der Waals surface area contributed by atoms with Crippen LogP contribution in [0.25, 0.3) is 6.08 Å². The van der Waals surface area contributed by atoms with Crippen molar-refractivity contribution < 1.29 is 9.18 Å². The minimum Gasteiger partial charge on any atom is -0.383 e. The fourth-order valence-electron chi connectivity index (χ4n) is 3.66. The summed E-state index contributed by atoms with van der Waals surface area (Å²) >= 11 is 0. The van der Waals surface area contributed by atoms with Gasteiger partial charge in [0.25, 0.3) is 11.5 Å². The lowest BCUT2D eigenvalue weighted by molar-refractivity contribution is -0.114. The highest BCUT2D eigenvalue weighted by Gasteiger charge is 2.23. The summed E-state index contributed by atoms with van der Waals surface area (Å²) in [5.41, 5.74) is 6.43. The molecule has 0 atom stereocenters. The van der Waals surface area contributed by atoms with E-state index in [0.717, 1.165) is 11.1 Å². The third-order valence-corrected chi connectivity index (χ3v) is 5.43. The zero-order chi connectivity index (χ0) is 24.8. The lowest BCUT2D eigenvalue weighted by Gasteiger charge is -2.23. The smallest absolute Gasteiger partial charge is 0.330 e. The third-order valence-electron chi connectivity index (χ3n) is 5.43. The van der Waals surface area contributed by atoms with Crippen LogP contribution in [0.15, 0.2) is 101 Å². The molecule has 0 fully saturated rings. The van der Waals surface area contributed by atoms with Crippen LogP contribution in [0.2, 0.25) is 0 Å². The molecule has 0 saturated heterocycles. The summed E-state index contributed by atoms with van der Waals surface area (Å²) in [6, 6.07) is 24.2. The molecule has 8 heteroatoms. The van der Waals surface area contributed by atoms with Crippen molar-refractivity contribution >= 4 is 23.5 Å². The van der Waals surface area contributed by atoms with Gasteiger partial charge in [-0.25, -0.2) is 9.18 Å². The molecule has 0 aliphatic carbocycles. The molecule has 0 aliphatic heterocycles. The van der Waals surface area contributed by atoms with Crippen molar-refractivity contribution in [2.24, 2.45) is 0 Å². The van der Waals surface area contributed by atoms with Crippen molar-refractivity contribution in [2.75, 3.05) is 10.6 Å². The second kappa shape index (κ2) is 10.5. The molecule has 4 rings (SSSR count). The molecule has 35 heavy (non-hydrogen) atoms. The predicted octanol–water partition coefficient (Wildman–Crippen LogP) is 3.55. The van der Waals surface area contributed by atoms with Crippen molar-refractivity contribution in [3.8, 4) is 0 Å². The first-order chi connectivity index (χ1) is 16.9. The van der Waals surface area contributed by atoms with E-state index in [0.29, 0.717) is 0 Å². The Morgan fingerprint density at radius 2 is 1.51 bits per heavy atom. The molecule has 0 bridgehead atoms. The summed E-state index contributed by atoms with van der Waals surface area (Å²) in [7, 11) is 0. The van der Waals surface area contributed by atoms with Gasteiger partial charge in [-0.05, 0) is 23.3 Å². The fraction of sp³-hybridized carbons (Fsp3) is 0.0741. The first-order valence-electron chi connectivity index (χ1n) is 10.9. The van der Waals surface area contributed by atoms with Crippen LogP contribution in [0.5, 0.6) is 0 Å². The number of benzene rings is 3. The second-order valence-electron chi connectivity index (χ2n) is 7.83. The molecular formula is C27H23FN4O3. The Kier molecular flexibility index (Phi) is 7.02. The van der Waals surface area contributed by atoms with Gasteiger partial charge in [-0.1, -0.05) is 78.9 Å². The summed E-state index contributed by atoms with van der Waals surface area (Å²) in [6.07, 6.45) is 2.51. The number of anilines is 2. The minimum absolute atomic E-state index is 0.0120. The monoisotopic (exact) mass is 470 g/mol. The molecule has 1 aromatic heterocycles. The van der Waals surface area contributed by atoms with E-state index in [1.807, 2.05) is 36.4 Å². The van der Waals surface area contributed by atoms with Gasteiger partial charge < -0.3 is 5.73 Å². The Hall–Kier alpha value is -4.72. The van der Waals surface area contributed by atoms with Gasteiger partial charge in [-0.3, -0.25) is 24.0 Å². The van der Waals surface area contributed by atoms with Gasteiger partial charge in [0.2, 0.25) is 0 Å². The Morgan fingerprint density at radius 1 is 0.914 bits per heavy atom. The molecule has 0 spiro atoms. The largest absolute Gasteiger partial charge is 0.383 e. The van der Waals surface area contributed by atoms with Crippen LogP contribution < -0.4 is 21.9 Å². The molecular weight excluding hydrogens is 447 g/mol. The van der Waals surface area contributed by atoms with Crippen molar-refractivity contribution in [3.05, 3.63) is 134 Å². The van der Waals surface area contributed by atoms with Crippen molar-refractivity contribution in [1.82, 2.24) is 9.55 Å². The van der Waals surface area contributed by atoms with Crippen LogP contribution >= 0.6 is 0 Å². The predicted molar refractivity (Wildman–Crippen MR) is 134 cm³/mol. The third kappa shape index (κ3) is 5.44. The minimum atomic E-state index is -0.791. The molecule has 1 amide bonds. The molecule has 0 radical (unpaired) electrons. The molecule has 3 N–H and O–H groups in total. The molecule has 4 aromatic rings. The van der Waals surface area contributed by atoms with E-state index in [4.69, 9.17) is 5.73 Å². The van der Waals surface area contributed by atoms with E-state index in [1.165, 1.54) is 33.8 Å². The number of carbonyl (C=O) groups is 1. The number of aromatic nitrogens is 2. The van der Waals surface area contributed by atoms with E-state index in [9.17, 15) is 18.8 Å². The highest BCUT2D eigenvalue weighted by atomic mass is 19.1. The van der Waals surface area contributed by atoms with Gasteiger partial charge in [0.1, 0.15) is 11.6 Å². The van der Waals surface area contributed by atoms with Crippen LogP contribution in [0.1, 0.15) is 16.7 Å². The number of rotatable bonds is 7. The van der Waals surface area contributed by atoms with Crippen molar-refractivity contribution in [3.63, 3.8) is 0 Å². The highest BCUT2D eigenvalue weighted by Crippen LogP contribution is 2.21. The van der Waals surface area contributed by atoms with Gasteiger partial charge in [0.15, 0.2) is 5.69 Å². The van der Waals surface area contributed by atoms with Gasteiger partial charge in [0.05, 0.1) is 13.1 Å². The molecule has 0 saturated carbocycles. The molecule has 3 aromatic carbocycles. The fourth-order valence-corrected chi connectivity index (χ4v) is 3.66. The summed E-state index contributed by atoms with van der Waals surface area (Å²) in [4.78, 5) is 42.2. The summed E-state index contributed by atoms with van der Waals surface area (Å²) in [5.74, 6) is -1.23. The summed E-state index contributed by atoms with van der Waals surface area (Å²) in [6.45, 7) is 0.117. The first kappa shape index (κ1) is 23.4. The van der Waals surface area contributed by atoms with Crippen LogP contribution in [0, 0.1) is 5.82 Å². The number of nitrogens with two attached hydrogens (primary N) is 1. The Bertz CT molecular complexity index is 1480. The van der Waals surface area contributed by atoms with Gasteiger partial charge in [-0.2, -0.15) is 0 Å². The first-order valence-corrected chi connectivity index (χ1v) is 10.9. The quantitative estimate of drug-likeness (QED) is 0.403. The van der Waals surface area contributed by atoms with Crippen LogP contribution in [-0.2, 0) is 17.9 Å². The van der Waals surface area contributed by atoms with E-state index >= 15 is 0 Å². The highest BCUT2D eigenvalue weighted by molar-refractivity contribution is 6.05. The zero-order valence-electron chi connectivity index (χ0n) is 18.7. The molecule has 0 unspecified atom stereocenters. The average molecular weight is 471 g/mol. The number of nitrogens with zero attached hydrogens (tertiary/aromatic N) is 2. The Balaban J connectivity index is 1.79. The van der Waals surface area contributed by atoms with Gasteiger partial charge in [0, 0.05) is 11.6 Å². The topological polar surface area (TPSA) is 101 Å². The maximum Gasteiger partial charge on any atom is 0.330 e. The van der Waals surface area contributed by atoms with E-state index in [-0.39, 0.29) is 30.2 Å². The molecule has 0 aliphatic rings. The Morgan fingerprint density at radius 3 is 2.17 bits per heavy atom. The number of nitrogen functional groups attached to an aromatic ring is 1. The van der Waals surface area contributed by atoms with E-state index in [2.05, 4.69) is 4.98 Å². The second-order valence-corrected chi connectivity index (χ2v) is 7.83. The normalized spacial score (nSPS) is 11.0. The lowest BCUT2D eigenvalue weighted by Crippen LogP contribution is -2.40. The number of amides is 1. The lowest BCUT2D eigenvalue weighted by atomic mass is 10.1. The number of H-pyrrole nitrogens is 1. The van der Waals surface area contributed by atoms with Crippen LogP contribution in [0.3, 0.4) is 0 Å². The summed E-state index contributed by atoms with van der Waals surface area (Å²) in [5, 5.41) is 0. The van der Waals surface area contributed by atoms with E-state index < -0.39 is 23.0 Å². The van der Waals surface area contributed by atoms with Crippen molar-refractivity contribution in [2.45, 2.75) is 13.1 Å². The van der Waals surface area contributed by atoms with Gasteiger partial charge >= 0.3 is 5.69 Å². The van der Waals surface area contributed by atoms with Crippen LogP contribution in [-0.4, -0.2) is 15.5 Å². The number of hydrogen-bond acceptors (Lipinski definition) is 4. The maximum atomic E-state index is 14.1. The average Bonchev–Trinajstić information content (AvgIpc) is 2.86. The molecule has 1 heterocycles. The van der Waals surface area contributed by atoms with E-state index in [1.54, 1.807) is 36.4 Å². The molecule has 7 nitrogen and oxygen atoms in total. The zero-order valence-corrected chi connectivity index (χ0v) is 18.7. The standard InChI is InChI=1S/C27H23FN4O3/c28-22-14-8-7-13-21(22)15-16-23(33)31(17-19-9-3-1-4-10-19)24-25(29)32(27(35)30-26(24)34)18-20-11-5-2-6-12-20/h1-16H,17-18,29H2,(H,30,34,35)/b16-15+. The number of halogens is 1. The number of hydrogen-bond donors (Lipinski definition) is 2. The number of carbonyl (C=O) groups excluding carboxylic acids is 1. The van der Waals surface area contributed by atoms with Crippen molar-refractivity contribution in [1.29, 1.82) is 0 Å². The Labute approximate surface area is 200 Å². The number of aromatic amines is 1. The maximum absolute atomic E-state index is 14.1.